The molecule has 362 valence electrons. The minimum absolute atomic E-state index is 0.0429. The Labute approximate surface area is 402 Å². The number of amides is 2. The van der Waals surface area contributed by atoms with Crippen molar-refractivity contribution < 1.29 is 18.4 Å². The number of hydrogen-bond acceptors (Lipinski definition) is 12. The molecule has 1 aromatic carbocycles. The number of nitrogens with one attached hydrogen (secondary N) is 4. The smallest absolute Gasteiger partial charge is 0.269 e. The van der Waals surface area contributed by atoms with E-state index >= 15 is 0 Å². The van der Waals surface area contributed by atoms with Crippen molar-refractivity contribution in [2.75, 3.05) is 76.3 Å². The SMILES string of the molecule is CNC(=O)c1ccc(N2CCC(N3CCC(c4cc5c(F)cc(F)cc5c(=O)[nH]4)C3)CC2)cn1.CNC(=O)c1ccc(N2CCC(N3CCCC(c4nc5sc6c(c5c(=O)[nH]4)CCC6)C3)CC2)cn1. The second-order valence-electron chi connectivity index (χ2n) is 19.1. The largest absolute Gasteiger partial charge is 0.370 e. The molecule has 9 heterocycles. The second kappa shape index (κ2) is 20.1. The molecule has 69 heavy (non-hydrogen) atoms. The van der Waals surface area contributed by atoms with Crippen LogP contribution in [0.2, 0.25) is 0 Å². The number of carbonyl (C=O) groups excluding carboxylic acids is 2. The van der Waals surface area contributed by atoms with Gasteiger partial charge >= 0.3 is 0 Å². The second-order valence-corrected chi connectivity index (χ2v) is 20.2. The van der Waals surface area contributed by atoms with Crippen molar-refractivity contribution in [1.29, 1.82) is 0 Å². The Balaban J connectivity index is 0.000000160. The van der Waals surface area contributed by atoms with Crippen LogP contribution in [0.1, 0.15) is 106 Å². The number of thiophene rings is 1. The summed E-state index contributed by atoms with van der Waals surface area (Å²) in [5, 5.41) is 6.25. The fourth-order valence-electron chi connectivity index (χ4n) is 11.3. The topological polar surface area (TPSA) is 176 Å². The highest BCUT2D eigenvalue weighted by molar-refractivity contribution is 7.18. The van der Waals surface area contributed by atoms with Crippen LogP contribution in [0.5, 0.6) is 0 Å². The summed E-state index contributed by atoms with van der Waals surface area (Å²) in [7, 11) is 3.20. The van der Waals surface area contributed by atoms with Crippen LogP contribution >= 0.6 is 11.3 Å². The van der Waals surface area contributed by atoms with Crippen LogP contribution in [0.3, 0.4) is 0 Å². The molecule has 2 amide bonds. The Bertz CT molecular complexity index is 2960. The van der Waals surface area contributed by atoms with E-state index in [1.165, 1.54) is 10.4 Å². The number of pyridine rings is 3. The third-order valence-electron chi connectivity index (χ3n) is 15.1. The standard InChI is InChI=1S/C26H32N6O2S.C25H27F2N5O2/c1-27-24(33)20-8-7-18(14-28-20)31-12-9-17(10-13-31)32-11-3-4-16(15-32)23-29-25(34)22-19-5-2-6-21(19)35-26(22)30-23;1-28-25(34)22-3-2-18(13-29-22)31-8-5-17(6-9-31)32-7-4-15(14-32)23-12-19-20(24(33)30-23)10-16(26)11-21(19)27/h7-8,14,16-17H,2-6,9-13,15H2,1H3,(H,27,33)(H,29,30,34);2-3,10-13,15,17H,4-9,14H2,1H3,(H,28,34)(H,30,33). The zero-order valence-electron chi connectivity index (χ0n) is 39.2. The third kappa shape index (κ3) is 9.75. The van der Waals surface area contributed by atoms with E-state index < -0.39 is 17.2 Å². The van der Waals surface area contributed by atoms with E-state index in [1.54, 1.807) is 56.0 Å². The molecule has 4 aliphatic heterocycles. The quantitative estimate of drug-likeness (QED) is 0.139. The summed E-state index contributed by atoms with van der Waals surface area (Å²) < 4.78 is 27.8. The molecule has 15 nitrogen and oxygen atoms in total. The highest BCUT2D eigenvalue weighted by Crippen LogP contribution is 2.37. The zero-order chi connectivity index (χ0) is 47.8. The van der Waals surface area contributed by atoms with Crippen LogP contribution in [-0.4, -0.2) is 125 Å². The average Bonchev–Trinajstić information content (AvgIpc) is 4.15. The number of piperidine rings is 3. The fraction of sp³-hybridized carbons (Fsp3) is 0.471. The molecule has 4 fully saturated rings. The molecule has 0 radical (unpaired) electrons. The van der Waals surface area contributed by atoms with E-state index in [-0.39, 0.29) is 40.0 Å². The first-order valence-corrected chi connectivity index (χ1v) is 25.3. The predicted octanol–water partition coefficient (Wildman–Crippen LogP) is 6.10. The van der Waals surface area contributed by atoms with Gasteiger partial charge < -0.3 is 30.4 Å². The van der Waals surface area contributed by atoms with Crippen LogP contribution in [0.15, 0.2) is 64.4 Å². The number of rotatable bonds is 8. The van der Waals surface area contributed by atoms with Crippen LogP contribution in [0.4, 0.5) is 20.2 Å². The molecule has 0 spiro atoms. The number of benzene rings is 1. The van der Waals surface area contributed by atoms with Crippen LogP contribution in [-0.2, 0) is 12.8 Å². The Hall–Kier alpha value is -6.11. The van der Waals surface area contributed by atoms with Crippen molar-refractivity contribution >= 4 is 55.5 Å². The average molecular weight is 960 g/mol. The van der Waals surface area contributed by atoms with Gasteiger partial charge in [0.2, 0.25) is 0 Å². The number of H-pyrrole nitrogens is 2. The predicted molar refractivity (Wildman–Crippen MR) is 265 cm³/mol. The number of hydrogen-bond donors (Lipinski definition) is 4. The molecule has 5 aliphatic rings. The lowest BCUT2D eigenvalue weighted by Gasteiger charge is -2.42. The van der Waals surface area contributed by atoms with Gasteiger partial charge in [0.15, 0.2) is 0 Å². The van der Waals surface area contributed by atoms with Gasteiger partial charge in [-0.3, -0.25) is 29.0 Å². The normalized spacial score (nSPS) is 20.5. The minimum atomic E-state index is -0.750. The molecule has 4 saturated heterocycles. The number of halogens is 2. The van der Waals surface area contributed by atoms with Gasteiger partial charge in [-0.25, -0.2) is 23.7 Å². The first-order valence-electron chi connectivity index (χ1n) is 24.4. The Kier molecular flexibility index (Phi) is 13.6. The van der Waals surface area contributed by atoms with Crippen molar-refractivity contribution in [2.24, 2.45) is 0 Å². The molecule has 2 atom stereocenters. The van der Waals surface area contributed by atoms with Gasteiger partial charge in [0.1, 0.15) is 33.7 Å². The molecule has 0 saturated carbocycles. The van der Waals surface area contributed by atoms with E-state index in [4.69, 9.17) is 4.98 Å². The maximum absolute atomic E-state index is 14.3. The first kappa shape index (κ1) is 46.6. The van der Waals surface area contributed by atoms with Crippen molar-refractivity contribution in [2.45, 2.75) is 88.1 Å². The van der Waals surface area contributed by atoms with Gasteiger partial charge in [0.25, 0.3) is 22.9 Å². The van der Waals surface area contributed by atoms with E-state index in [0.717, 1.165) is 156 Å². The van der Waals surface area contributed by atoms with Crippen molar-refractivity contribution in [3.05, 3.63) is 121 Å². The Morgan fingerprint density at radius 2 is 1.30 bits per heavy atom. The molecule has 0 bridgehead atoms. The van der Waals surface area contributed by atoms with Crippen LogP contribution in [0, 0.1) is 11.6 Å². The molecule has 2 unspecified atom stereocenters. The van der Waals surface area contributed by atoms with Gasteiger partial charge in [-0.1, -0.05) is 0 Å². The lowest BCUT2D eigenvalue weighted by Crippen LogP contribution is -2.48. The van der Waals surface area contributed by atoms with Crippen molar-refractivity contribution in [3.63, 3.8) is 0 Å². The van der Waals surface area contributed by atoms with E-state index in [2.05, 4.69) is 50.2 Å². The summed E-state index contributed by atoms with van der Waals surface area (Å²) in [6.45, 7) is 7.56. The number of nitrogens with zero attached hydrogens (tertiary/aromatic N) is 7. The summed E-state index contributed by atoms with van der Waals surface area (Å²) >= 11 is 1.73. The Morgan fingerprint density at radius 1 is 0.681 bits per heavy atom. The molecule has 11 rings (SSSR count). The molecular formula is C51H59F2N11O4S. The lowest BCUT2D eigenvalue weighted by molar-refractivity contribution is 0.0950. The van der Waals surface area contributed by atoms with Gasteiger partial charge in [0, 0.05) is 99.3 Å². The number of likely N-dealkylation sites (tertiary alicyclic amines) is 2. The molecular weight excluding hydrogens is 901 g/mol. The van der Waals surface area contributed by atoms with E-state index in [1.807, 2.05) is 12.1 Å². The molecule has 5 aromatic heterocycles. The number of aryl methyl sites for hydroxylation is 2. The highest BCUT2D eigenvalue weighted by atomic mass is 32.1. The zero-order valence-corrected chi connectivity index (χ0v) is 40.0. The van der Waals surface area contributed by atoms with E-state index in [9.17, 15) is 28.0 Å². The maximum Gasteiger partial charge on any atom is 0.269 e. The fourth-order valence-corrected chi connectivity index (χ4v) is 12.6. The number of aromatic nitrogens is 5. The summed E-state index contributed by atoms with van der Waals surface area (Å²) in [5.41, 5.74) is 4.51. The third-order valence-corrected chi connectivity index (χ3v) is 16.3. The summed E-state index contributed by atoms with van der Waals surface area (Å²) in [4.78, 5) is 80.5. The molecule has 1 aliphatic carbocycles. The Morgan fingerprint density at radius 3 is 1.91 bits per heavy atom. The molecule has 18 heteroatoms. The maximum atomic E-state index is 14.3. The number of fused-ring (bicyclic) bond motifs is 4. The summed E-state index contributed by atoms with van der Waals surface area (Å²) in [5.74, 6) is -0.531. The van der Waals surface area contributed by atoms with Crippen molar-refractivity contribution in [1.82, 2.24) is 45.4 Å². The lowest BCUT2D eigenvalue weighted by atomic mass is 9.93. The van der Waals surface area contributed by atoms with Gasteiger partial charge in [0.05, 0.1) is 34.5 Å². The number of aromatic amines is 2. The monoisotopic (exact) mass is 959 g/mol. The van der Waals surface area contributed by atoms with Gasteiger partial charge in [-0.05, 0) is 119 Å². The van der Waals surface area contributed by atoms with Crippen LogP contribution in [0.25, 0.3) is 21.0 Å². The molecule has 6 aromatic rings. The summed E-state index contributed by atoms with van der Waals surface area (Å²) in [6, 6.07) is 12.0. The van der Waals surface area contributed by atoms with Crippen LogP contribution < -0.4 is 31.6 Å². The number of anilines is 2. The first-order chi connectivity index (χ1) is 33.5. The highest BCUT2D eigenvalue weighted by Gasteiger charge is 2.34. The van der Waals surface area contributed by atoms with Crippen molar-refractivity contribution in [3.8, 4) is 0 Å². The van der Waals surface area contributed by atoms with Gasteiger partial charge in [-0.15, -0.1) is 11.3 Å². The van der Waals surface area contributed by atoms with E-state index in [0.29, 0.717) is 29.2 Å². The molecule has 4 N–H and O–H groups in total. The minimum Gasteiger partial charge on any atom is -0.370 e. The number of carbonyl (C=O) groups is 2. The summed E-state index contributed by atoms with van der Waals surface area (Å²) in [6.07, 6.45) is 14.1. The van der Waals surface area contributed by atoms with Gasteiger partial charge in [-0.2, -0.15) is 0 Å².